The van der Waals surface area contributed by atoms with Gasteiger partial charge in [-0.05, 0) is 82.5 Å². The van der Waals surface area contributed by atoms with E-state index in [-0.39, 0.29) is 12.1 Å². The minimum absolute atomic E-state index is 0.0530. The Morgan fingerprint density at radius 1 is 0.619 bits per heavy atom. The van der Waals surface area contributed by atoms with Crippen LogP contribution in [-0.4, -0.2) is 48.7 Å². The van der Waals surface area contributed by atoms with Crippen molar-refractivity contribution in [2.24, 2.45) is 10.3 Å². The minimum Gasteiger partial charge on any atom is -0.485 e. The number of hydrogen-bond acceptors (Lipinski definition) is 5. The molecule has 0 saturated carbocycles. The fraction of sp³-hybridized carbons (Fsp3) is 0.292. The Morgan fingerprint density at radius 2 is 1.14 bits per heavy atom. The Morgan fingerprint density at radius 3 is 1.70 bits per heavy atom. The summed E-state index contributed by atoms with van der Waals surface area (Å²) in [5, 5.41) is 10.6. The van der Waals surface area contributed by atoms with Crippen molar-refractivity contribution in [2.75, 3.05) is 19.8 Å². The summed E-state index contributed by atoms with van der Waals surface area (Å²) in [6.45, 7) is 5.57. The van der Waals surface area contributed by atoms with Crippen LogP contribution in [0.25, 0.3) is 36.5 Å². The Kier molecular flexibility index (Phi) is 14.9. The highest BCUT2D eigenvalue weighted by Crippen LogP contribution is 2.54. The lowest BCUT2D eigenvalue weighted by atomic mass is 9.97. The summed E-state index contributed by atoms with van der Waals surface area (Å²) in [6.07, 6.45) is 3.98. The van der Waals surface area contributed by atoms with E-state index in [9.17, 15) is 39.5 Å². The molecule has 0 unspecified atom stereocenters. The Hall–Kier alpha value is -5.83. The van der Waals surface area contributed by atoms with E-state index >= 15 is 0 Å². The van der Waals surface area contributed by atoms with Gasteiger partial charge >= 0.3 is 23.9 Å². The summed E-state index contributed by atoms with van der Waals surface area (Å²) < 4.78 is 132. The number of halogens is 9. The van der Waals surface area contributed by atoms with Gasteiger partial charge in [0.2, 0.25) is 0 Å². The van der Waals surface area contributed by atoms with E-state index in [0.29, 0.717) is 55.4 Å². The van der Waals surface area contributed by atoms with Crippen molar-refractivity contribution >= 4 is 53.5 Å². The van der Waals surface area contributed by atoms with Crippen LogP contribution in [0, 0.1) is 0 Å². The first-order valence-corrected chi connectivity index (χ1v) is 21.0. The number of benzene rings is 4. The number of fused-ring (bicyclic) bond motifs is 1. The lowest BCUT2D eigenvalue weighted by Crippen LogP contribution is -2.60. The van der Waals surface area contributed by atoms with Crippen LogP contribution < -0.4 is 9.47 Å². The van der Waals surface area contributed by atoms with Gasteiger partial charge in [0.05, 0.1) is 22.0 Å². The van der Waals surface area contributed by atoms with Crippen LogP contribution in [0.15, 0.2) is 107 Å². The number of hydrogen-bond donors (Lipinski definition) is 0. The number of thiophene rings is 1. The fourth-order valence-corrected chi connectivity index (χ4v) is 7.53. The maximum atomic E-state index is 14.1. The zero-order chi connectivity index (χ0) is 45.3. The molecule has 332 valence electrons. The molecule has 0 aliphatic carbocycles. The minimum atomic E-state index is -6.90. The summed E-state index contributed by atoms with van der Waals surface area (Å²) in [6, 6.07) is 29.9. The molecule has 0 radical (unpaired) electrons. The molecular weight excluding hydrogens is 854 g/mol. The summed E-state index contributed by atoms with van der Waals surface area (Å²) in [4.78, 5) is 1.86. The van der Waals surface area contributed by atoms with Crippen molar-refractivity contribution in [3.63, 3.8) is 0 Å². The highest BCUT2D eigenvalue weighted by Gasteiger charge is 2.81. The molecule has 5 aromatic rings. The van der Waals surface area contributed by atoms with Gasteiger partial charge in [0.1, 0.15) is 13.2 Å². The zero-order valence-corrected chi connectivity index (χ0v) is 35.1. The number of aryl methyl sites for hydroxylation is 2. The number of nitrogens with zero attached hydrogens (tertiary/aromatic N) is 3. The van der Waals surface area contributed by atoms with E-state index in [1.54, 1.807) is 16.3 Å². The van der Waals surface area contributed by atoms with E-state index in [1.165, 1.54) is 24.3 Å². The fourth-order valence-electron chi connectivity index (χ4n) is 6.54. The van der Waals surface area contributed by atoms with Crippen LogP contribution in [0.4, 0.5) is 45.2 Å². The van der Waals surface area contributed by atoms with Crippen LogP contribution in [0.2, 0.25) is 0 Å². The van der Waals surface area contributed by atoms with Gasteiger partial charge < -0.3 is 9.47 Å². The van der Waals surface area contributed by atoms with Gasteiger partial charge in [0, 0.05) is 13.0 Å². The predicted molar refractivity (Wildman–Crippen MR) is 232 cm³/mol. The Bertz CT molecular complexity index is 2410. The molecule has 5 nitrogen and oxygen atoms in total. The van der Waals surface area contributed by atoms with E-state index in [1.807, 2.05) is 74.5 Å². The first kappa shape index (κ1) is 46.7. The van der Waals surface area contributed by atoms with Gasteiger partial charge in [0.15, 0.2) is 11.5 Å². The average Bonchev–Trinajstić information content (AvgIpc) is 3.63. The van der Waals surface area contributed by atoms with Crippen molar-refractivity contribution in [2.45, 2.75) is 70.0 Å². The molecule has 15 heteroatoms. The zero-order valence-electron chi connectivity index (χ0n) is 34.3. The molecule has 0 N–H and O–H groups in total. The van der Waals surface area contributed by atoms with Gasteiger partial charge in [-0.3, -0.25) is 5.01 Å². The second kappa shape index (κ2) is 20.1. The Labute approximate surface area is 363 Å². The van der Waals surface area contributed by atoms with E-state index in [2.05, 4.69) is 58.9 Å². The highest BCUT2D eigenvalue weighted by molar-refractivity contribution is 7.14. The molecule has 0 saturated heterocycles. The second-order valence-electron chi connectivity index (χ2n) is 14.7. The van der Waals surface area contributed by atoms with Gasteiger partial charge in [-0.1, -0.05) is 128 Å². The van der Waals surface area contributed by atoms with Crippen molar-refractivity contribution in [3.8, 4) is 11.5 Å². The van der Waals surface area contributed by atoms with Crippen molar-refractivity contribution in [1.29, 1.82) is 0 Å². The van der Waals surface area contributed by atoms with Crippen LogP contribution in [0.1, 0.15) is 75.4 Å². The second-order valence-corrected chi connectivity index (χ2v) is 15.8. The summed E-state index contributed by atoms with van der Waals surface area (Å²) in [5.74, 6) is -17.7. The smallest absolute Gasteiger partial charge is 0.460 e. The van der Waals surface area contributed by atoms with Gasteiger partial charge in [-0.25, -0.2) is 0 Å². The monoisotopic (exact) mass is 897 g/mol. The SMILES string of the molecule is CCCN(Cc1ccc(CCC(F)(F)C(F)(F)C(F)(F)C(F)(F)F)cc1)N=Nc1ccc(/C=C/c2sc(/C=C/c3ccc(/C=C/c4ccccc4)cc3)c3c2OCCO3)cc1CC. The first-order chi connectivity index (χ1) is 30.0. The molecule has 6 rings (SSSR count). The van der Waals surface area contributed by atoms with Gasteiger partial charge in [-0.2, -0.15) is 39.5 Å². The molecule has 1 aliphatic rings. The number of alkyl halides is 9. The summed E-state index contributed by atoms with van der Waals surface area (Å²) in [5.41, 5.74) is 6.50. The molecule has 0 spiro atoms. The van der Waals surface area contributed by atoms with Crippen LogP contribution >= 0.6 is 11.3 Å². The normalized spacial score (nSPS) is 13.9. The molecule has 1 aromatic heterocycles. The molecule has 0 fully saturated rings. The largest absolute Gasteiger partial charge is 0.485 e. The predicted octanol–water partition coefficient (Wildman–Crippen LogP) is 14.9. The molecule has 2 heterocycles. The van der Waals surface area contributed by atoms with Gasteiger partial charge in [0.25, 0.3) is 0 Å². The standard InChI is InChI=1S/C48H44F9N3O2S/c1-3-28-60(32-38-18-16-36(17-19-38)26-27-45(49,50)46(51,52)47(53,54)48(55,56)57)59-58-40-23-20-37(31-39(40)4-2)22-25-42-44-43(61-29-30-62-44)41(63-42)24-21-35-14-12-34(13-15-35)11-10-33-8-6-5-7-9-33/h5-25,31H,3-4,26-30,32H2,1-2H3/b11-10+,24-21+,25-22+,59-58?. The summed E-state index contributed by atoms with van der Waals surface area (Å²) in [7, 11) is 0. The van der Waals surface area contributed by atoms with E-state index < -0.39 is 36.8 Å². The molecule has 63 heavy (non-hydrogen) atoms. The maximum Gasteiger partial charge on any atom is 0.460 e. The summed E-state index contributed by atoms with van der Waals surface area (Å²) >= 11 is 1.57. The number of ether oxygens (including phenoxy) is 2. The van der Waals surface area contributed by atoms with Crippen molar-refractivity contribution in [3.05, 3.63) is 146 Å². The molecule has 4 aromatic carbocycles. The lowest BCUT2D eigenvalue weighted by molar-refractivity contribution is -0.396. The quantitative estimate of drug-likeness (QED) is 0.0381. The lowest BCUT2D eigenvalue weighted by Gasteiger charge is -2.33. The topological polar surface area (TPSA) is 46.4 Å². The molecule has 0 atom stereocenters. The number of rotatable bonds is 18. The maximum absolute atomic E-state index is 14.1. The van der Waals surface area contributed by atoms with Crippen LogP contribution in [-0.2, 0) is 19.4 Å². The van der Waals surface area contributed by atoms with Crippen LogP contribution in [0.5, 0.6) is 11.5 Å². The molecule has 0 amide bonds. The van der Waals surface area contributed by atoms with E-state index in [0.717, 1.165) is 37.6 Å². The average molecular weight is 898 g/mol. The molecule has 0 bridgehead atoms. The third-order valence-electron chi connectivity index (χ3n) is 10.1. The van der Waals surface area contributed by atoms with Crippen molar-refractivity contribution in [1.82, 2.24) is 5.01 Å². The molecule has 1 aliphatic heterocycles. The third kappa shape index (κ3) is 11.4. The van der Waals surface area contributed by atoms with E-state index in [4.69, 9.17) is 9.47 Å². The molecular formula is C48H44F9N3O2S. The highest BCUT2D eigenvalue weighted by atomic mass is 32.1. The van der Waals surface area contributed by atoms with Crippen molar-refractivity contribution < 1.29 is 49.0 Å². The van der Waals surface area contributed by atoms with Gasteiger partial charge in [-0.15, -0.1) is 16.5 Å². The third-order valence-corrected chi connectivity index (χ3v) is 11.2. The Balaban J connectivity index is 1.08. The first-order valence-electron chi connectivity index (χ1n) is 20.2. The van der Waals surface area contributed by atoms with Crippen LogP contribution in [0.3, 0.4) is 0 Å².